The molecule has 0 fully saturated rings. The van der Waals surface area contributed by atoms with Gasteiger partial charge < -0.3 is 4.57 Å². The van der Waals surface area contributed by atoms with Crippen LogP contribution in [-0.4, -0.2) is 19.1 Å². The number of thiophene rings is 1. The van der Waals surface area contributed by atoms with Gasteiger partial charge >= 0.3 is 0 Å². The minimum Gasteiger partial charge on any atom is -0.308 e. The number of benzene rings is 7. The zero-order chi connectivity index (χ0) is 32.1. The fraction of sp³-hybridized carbons (Fsp3) is 0. The molecule has 0 atom stereocenters. The summed E-state index contributed by atoms with van der Waals surface area (Å²) < 4.78 is 7.26. The quantitative estimate of drug-likeness (QED) is 0.180. The van der Waals surface area contributed by atoms with Crippen molar-refractivity contribution in [1.29, 1.82) is 0 Å². The van der Waals surface area contributed by atoms with Crippen LogP contribution in [-0.2, 0) is 0 Å². The van der Waals surface area contributed by atoms with E-state index in [9.17, 15) is 0 Å². The highest BCUT2D eigenvalue weighted by atomic mass is 32.1. The van der Waals surface area contributed by atoms with E-state index in [4.69, 9.17) is 9.97 Å². The van der Waals surface area contributed by atoms with Crippen molar-refractivity contribution in [3.63, 3.8) is 0 Å². The Morgan fingerprint density at radius 2 is 1.00 bits per heavy atom. The lowest BCUT2D eigenvalue weighted by Gasteiger charge is -2.13. The standard InChI is InChI=1S/C44H26N4S/c1-3-14-28(15-4-1)38-34-24-23-27-13-7-8-18-30(27)39(34)46-44(45-38)48-36-21-11-9-19-31(36)32-25-26-35-41-42(49-43(35)40(32)48)33-20-10-12-22-37(33)47(41)29-16-5-2-6-17-29/h1-26H. The number of aromatic nitrogens is 4. The molecule has 0 aliphatic rings. The smallest absolute Gasteiger partial charge is 0.235 e. The monoisotopic (exact) mass is 642 g/mol. The highest BCUT2D eigenvalue weighted by molar-refractivity contribution is 7.27. The number of hydrogen-bond acceptors (Lipinski definition) is 3. The van der Waals surface area contributed by atoms with Crippen molar-refractivity contribution in [3.05, 3.63) is 158 Å². The summed E-state index contributed by atoms with van der Waals surface area (Å²) in [6.45, 7) is 0. The van der Waals surface area contributed by atoms with Gasteiger partial charge in [0.15, 0.2) is 0 Å². The molecule has 4 heterocycles. The second kappa shape index (κ2) is 10.1. The van der Waals surface area contributed by atoms with Crippen LogP contribution in [0.15, 0.2) is 158 Å². The Kier molecular flexibility index (Phi) is 5.51. The van der Waals surface area contributed by atoms with E-state index in [0.29, 0.717) is 5.95 Å². The van der Waals surface area contributed by atoms with Crippen LogP contribution in [0.5, 0.6) is 0 Å². The zero-order valence-corrected chi connectivity index (χ0v) is 27.0. The zero-order valence-electron chi connectivity index (χ0n) is 26.2. The molecule has 49 heavy (non-hydrogen) atoms. The third-order valence-electron chi connectivity index (χ3n) is 9.92. The van der Waals surface area contributed by atoms with Gasteiger partial charge in [-0.25, -0.2) is 9.97 Å². The van der Waals surface area contributed by atoms with Crippen molar-refractivity contribution in [3.8, 4) is 22.9 Å². The molecule has 0 N–H and O–H groups in total. The largest absolute Gasteiger partial charge is 0.308 e. The minimum absolute atomic E-state index is 0.676. The third-order valence-corrected chi connectivity index (χ3v) is 11.2. The lowest BCUT2D eigenvalue weighted by Crippen LogP contribution is -2.04. The third kappa shape index (κ3) is 3.73. The average molecular weight is 643 g/mol. The average Bonchev–Trinajstić information content (AvgIpc) is 3.82. The summed E-state index contributed by atoms with van der Waals surface area (Å²) in [7, 11) is 0. The molecule has 0 spiro atoms. The first-order valence-corrected chi connectivity index (χ1v) is 17.3. The number of rotatable bonds is 3. The van der Waals surface area contributed by atoms with E-state index < -0.39 is 0 Å². The number of nitrogens with zero attached hydrogens (tertiary/aromatic N) is 4. The Bertz CT molecular complexity index is 3100. The molecule has 0 saturated heterocycles. The summed E-state index contributed by atoms with van der Waals surface area (Å²) >= 11 is 1.87. The minimum atomic E-state index is 0.676. The fourth-order valence-corrected chi connectivity index (χ4v) is 9.15. The van der Waals surface area contributed by atoms with Gasteiger partial charge in [0.05, 0.1) is 42.7 Å². The van der Waals surface area contributed by atoms with Crippen LogP contribution < -0.4 is 0 Å². The van der Waals surface area contributed by atoms with Gasteiger partial charge in [-0.1, -0.05) is 127 Å². The molecule has 11 aromatic rings. The van der Waals surface area contributed by atoms with Crippen molar-refractivity contribution in [1.82, 2.24) is 19.1 Å². The first kappa shape index (κ1) is 26.7. The fourth-order valence-electron chi connectivity index (χ4n) is 7.80. The van der Waals surface area contributed by atoms with Gasteiger partial charge in [0.1, 0.15) is 0 Å². The Morgan fingerprint density at radius 1 is 0.408 bits per heavy atom. The van der Waals surface area contributed by atoms with Crippen molar-refractivity contribution in [2.45, 2.75) is 0 Å². The van der Waals surface area contributed by atoms with Crippen LogP contribution in [0, 0.1) is 0 Å². The first-order chi connectivity index (χ1) is 24.3. The van der Waals surface area contributed by atoms with Gasteiger partial charge in [-0.05, 0) is 35.7 Å². The molecular formula is C44H26N4S. The molecule has 0 aliphatic heterocycles. The lowest BCUT2D eigenvalue weighted by molar-refractivity contribution is 1.02. The van der Waals surface area contributed by atoms with E-state index in [1.807, 2.05) is 11.3 Å². The maximum Gasteiger partial charge on any atom is 0.235 e. The molecule has 11 rings (SSSR count). The molecule has 0 aliphatic carbocycles. The Hall–Kier alpha value is -6.30. The molecule has 7 aromatic carbocycles. The normalized spacial score (nSPS) is 12.1. The molecule has 0 unspecified atom stereocenters. The lowest BCUT2D eigenvalue weighted by atomic mass is 10.0. The maximum absolute atomic E-state index is 5.45. The van der Waals surface area contributed by atoms with E-state index in [0.717, 1.165) is 49.7 Å². The summed E-state index contributed by atoms with van der Waals surface area (Å²) in [5.74, 6) is 0.676. The van der Waals surface area contributed by atoms with E-state index >= 15 is 0 Å². The molecule has 228 valence electrons. The number of para-hydroxylation sites is 3. The molecule has 4 nitrogen and oxygen atoms in total. The maximum atomic E-state index is 5.45. The second-order valence-electron chi connectivity index (χ2n) is 12.6. The van der Waals surface area contributed by atoms with Crippen LogP contribution in [0.4, 0.5) is 0 Å². The summed E-state index contributed by atoms with van der Waals surface area (Å²) in [5, 5.41) is 8.21. The van der Waals surface area contributed by atoms with Crippen LogP contribution in [0.25, 0.3) is 97.6 Å². The Morgan fingerprint density at radius 3 is 1.82 bits per heavy atom. The predicted octanol–water partition coefficient (Wildman–Crippen LogP) is 11.9. The summed E-state index contributed by atoms with van der Waals surface area (Å²) in [6, 6.07) is 56.1. The second-order valence-corrected chi connectivity index (χ2v) is 13.6. The van der Waals surface area contributed by atoms with Crippen LogP contribution >= 0.6 is 11.3 Å². The van der Waals surface area contributed by atoms with Crippen molar-refractivity contribution >= 4 is 86.0 Å². The van der Waals surface area contributed by atoms with Crippen molar-refractivity contribution in [2.75, 3.05) is 0 Å². The van der Waals surface area contributed by atoms with Gasteiger partial charge in [-0.2, -0.15) is 0 Å². The molecule has 0 amide bonds. The van der Waals surface area contributed by atoms with E-state index in [1.54, 1.807) is 0 Å². The van der Waals surface area contributed by atoms with E-state index in [2.05, 4.69) is 167 Å². The van der Waals surface area contributed by atoms with Gasteiger partial charge in [0.25, 0.3) is 0 Å². The summed E-state index contributed by atoms with van der Waals surface area (Å²) in [4.78, 5) is 10.9. The number of fused-ring (bicyclic) bond motifs is 12. The van der Waals surface area contributed by atoms with Gasteiger partial charge in [0.2, 0.25) is 5.95 Å². The summed E-state index contributed by atoms with van der Waals surface area (Å²) in [5.41, 5.74) is 8.81. The predicted molar refractivity (Wildman–Crippen MR) is 207 cm³/mol. The molecule has 5 heteroatoms. The van der Waals surface area contributed by atoms with Gasteiger partial charge in [-0.15, -0.1) is 11.3 Å². The van der Waals surface area contributed by atoms with Crippen LogP contribution in [0.3, 0.4) is 0 Å². The van der Waals surface area contributed by atoms with Crippen LogP contribution in [0.1, 0.15) is 0 Å². The molecule has 0 bridgehead atoms. The summed E-state index contributed by atoms with van der Waals surface area (Å²) in [6.07, 6.45) is 0. The van der Waals surface area contributed by atoms with E-state index in [1.165, 1.54) is 42.0 Å². The van der Waals surface area contributed by atoms with Crippen molar-refractivity contribution < 1.29 is 0 Å². The van der Waals surface area contributed by atoms with E-state index in [-0.39, 0.29) is 0 Å². The van der Waals surface area contributed by atoms with Crippen LogP contribution in [0.2, 0.25) is 0 Å². The molecular weight excluding hydrogens is 617 g/mol. The first-order valence-electron chi connectivity index (χ1n) is 16.5. The van der Waals surface area contributed by atoms with Crippen molar-refractivity contribution in [2.24, 2.45) is 0 Å². The highest BCUT2D eigenvalue weighted by Crippen LogP contribution is 2.47. The Labute approximate surface area is 284 Å². The topological polar surface area (TPSA) is 35.6 Å². The molecule has 4 aromatic heterocycles. The number of hydrogen-bond donors (Lipinski definition) is 0. The van der Waals surface area contributed by atoms with Gasteiger partial charge in [0, 0.05) is 43.6 Å². The highest BCUT2D eigenvalue weighted by Gasteiger charge is 2.24. The SMILES string of the molecule is c1ccc(-c2nc(-n3c4ccccc4c4ccc5c(sc6c7ccccc7n(-c7ccccc7)c56)c43)nc3c2ccc2ccccc23)cc1. The Balaban J connectivity index is 1.32. The van der Waals surface area contributed by atoms with Gasteiger partial charge in [-0.3, -0.25) is 4.57 Å². The molecule has 0 radical (unpaired) electrons. The molecule has 0 saturated carbocycles.